The second-order valence-corrected chi connectivity index (χ2v) is 4.60. The lowest BCUT2D eigenvalue weighted by atomic mass is 10.3. The number of carbonyl (C=O) groups is 1. The third-order valence-corrected chi connectivity index (χ3v) is 2.87. The van der Waals surface area contributed by atoms with E-state index in [-0.39, 0.29) is 10.9 Å². The van der Waals surface area contributed by atoms with Crippen molar-refractivity contribution in [1.82, 2.24) is 0 Å². The summed E-state index contributed by atoms with van der Waals surface area (Å²) in [5, 5.41) is 2.28. The lowest BCUT2D eigenvalue weighted by molar-refractivity contribution is -0.114. The Morgan fingerprint density at radius 2 is 2.07 bits per heavy atom. The van der Waals surface area contributed by atoms with E-state index in [1.165, 1.54) is 19.1 Å². The molecule has 1 aromatic carbocycles. The molecule has 15 heavy (non-hydrogen) atoms. The van der Waals surface area contributed by atoms with Crippen LogP contribution in [0.2, 0.25) is 5.02 Å². The molecule has 0 unspecified atom stereocenters. The van der Waals surface area contributed by atoms with Gasteiger partial charge in [0.25, 0.3) is 10.1 Å². The molecule has 5 nitrogen and oxygen atoms in total. The van der Waals surface area contributed by atoms with Crippen molar-refractivity contribution in [3.05, 3.63) is 23.2 Å². The van der Waals surface area contributed by atoms with E-state index < -0.39 is 15.0 Å². The second-order valence-electron chi connectivity index (χ2n) is 2.80. The van der Waals surface area contributed by atoms with Crippen molar-refractivity contribution in [3.63, 3.8) is 0 Å². The lowest BCUT2D eigenvalue weighted by Gasteiger charge is -2.04. The third kappa shape index (κ3) is 3.19. The van der Waals surface area contributed by atoms with Crippen molar-refractivity contribution in [2.45, 2.75) is 11.8 Å². The fraction of sp³-hybridized carbons (Fsp3) is 0.125. The van der Waals surface area contributed by atoms with Crippen LogP contribution < -0.4 is 5.32 Å². The maximum absolute atomic E-state index is 10.8. The van der Waals surface area contributed by atoms with E-state index in [0.29, 0.717) is 5.69 Å². The first-order chi connectivity index (χ1) is 6.80. The Morgan fingerprint density at radius 3 is 2.47 bits per heavy atom. The van der Waals surface area contributed by atoms with Crippen LogP contribution in [0, 0.1) is 0 Å². The predicted octanol–water partition coefficient (Wildman–Crippen LogP) is 1.55. The Labute approximate surface area is 91.8 Å². The molecule has 0 atom stereocenters. The van der Waals surface area contributed by atoms with E-state index in [9.17, 15) is 13.2 Å². The molecule has 0 aromatic heterocycles. The zero-order valence-electron chi connectivity index (χ0n) is 7.69. The summed E-state index contributed by atoms with van der Waals surface area (Å²) in [6, 6.07) is 3.69. The first kappa shape index (κ1) is 12.0. The molecule has 0 aliphatic heterocycles. The van der Waals surface area contributed by atoms with Gasteiger partial charge in [-0.25, -0.2) is 0 Å². The molecular weight excluding hydrogens is 242 g/mol. The number of hydrogen-bond acceptors (Lipinski definition) is 3. The standard InChI is InChI=1S/C8H8ClNO4S/c1-5(11)10-6-2-3-8(7(9)4-6)15(12,13)14/h2-4H,1H3,(H,10,11)(H,12,13,14). The maximum atomic E-state index is 10.8. The van der Waals surface area contributed by atoms with Crippen LogP contribution in [0.4, 0.5) is 5.69 Å². The van der Waals surface area contributed by atoms with Gasteiger partial charge < -0.3 is 5.32 Å². The molecule has 0 radical (unpaired) electrons. The van der Waals surface area contributed by atoms with Crippen molar-refractivity contribution in [3.8, 4) is 0 Å². The predicted molar refractivity (Wildman–Crippen MR) is 55.6 cm³/mol. The van der Waals surface area contributed by atoms with E-state index in [4.69, 9.17) is 16.2 Å². The molecule has 0 spiro atoms. The van der Waals surface area contributed by atoms with Gasteiger partial charge in [0.15, 0.2) is 0 Å². The molecule has 1 amide bonds. The van der Waals surface area contributed by atoms with E-state index in [0.717, 1.165) is 6.07 Å². The number of rotatable bonds is 2. The van der Waals surface area contributed by atoms with Crippen LogP contribution in [0.3, 0.4) is 0 Å². The summed E-state index contributed by atoms with van der Waals surface area (Å²) in [6.45, 7) is 1.31. The highest BCUT2D eigenvalue weighted by molar-refractivity contribution is 7.86. The minimum absolute atomic E-state index is 0.149. The van der Waals surface area contributed by atoms with E-state index >= 15 is 0 Å². The summed E-state index contributed by atoms with van der Waals surface area (Å²) >= 11 is 5.61. The molecule has 0 aliphatic carbocycles. The molecule has 1 rings (SSSR count). The van der Waals surface area contributed by atoms with Gasteiger partial charge in [-0.2, -0.15) is 8.42 Å². The molecule has 1 aromatic rings. The Balaban J connectivity index is 3.15. The number of carbonyl (C=O) groups excluding carboxylic acids is 1. The third-order valence-electron chi connectivity index (χ3n) is 1.53. The molecule has 0 aliphatic rings. The lowest BCUT2D eigenvalue weighted by Crippen LogP contribution is -2.06. The van der Waals surface area contributed by atoms with Gasteiger partial charge in [-0.3, -0.25) is 9.35 Å². The first-order valence-corrected chi connectivity index (χ1v) is 5.67. The monoisotopic (exact) mass is 249 g/mol. The molecule has 0 bridgehead atoms. The molecule has 0 saturated carbocycles. The average Bonchev–Trinajstić information content (AvgIpc) is 1.99. The Hall–Kier alpha value is -1.11. The first-order valence-electron chi connectivity index (χ1n) is 3.85. The number of nitrogens with one attached hydrogen (secondary N) is 1. The summed E-state index contributed by atoms with van der Waals surface area (Å²) in [7, 11) is -4.32. The molecule has 7 heteroatoms. The highest BCUT2D eigenvalue weighted by Crippen LogP contribution is 2.24. The minimum Gasteiger partial charge on any atom is -0.326 e. The summed E-state index contributed by atoms with van der Waals surface area (Å²) in [5.74, 6) is -0.300. The normalized spacial score (nSPS) is 11.1. The largest absolute Gasteiger partial charge is 0.326 e. The topological polar surface area (TPSA) is 83.5 Å². The highest BCUT2D eigenvalue weighted by atomic mass is 35.5. The summed E-state index contributed by atoms with van der Waals surface area (Å²) in [4.78, 5) is 10.3. The van der Waals surface area contributed by atoms with Crippen LogP contribution >= 0.6 is 11.6 Å². The number of hydrogen-bond donors (Lipinski definition) is 2. The van der Waals surface area contributed by atoms with Gasteiger partial charge in [-0.1, -0.05) is 11.6 Å². The van der Waals surface area contributed by atoms with Gasteiger partial charge in [0.05, 0.1) is 5.02 Å². The average molecular weight is 250 g/mol. The number of halogens is 1. The van der Waals surface area contributed by atoms with Crippen LogP contribution in [0.15, 0.2) is 23.1 Å². The van der Waals surface area contributed by atoms with Gasteiger partial charge in [0, 0.05) is 12.6 Å². The van der Waals surface area contributed by atoms with Gasteiger partial charge in [-0.15, -0.1) is 0 Å². The molecule has 0 fully saturated rings. The zero-order valence-corrected chi connectivity index (χ0v) is 9.26. The zero-order chi connectivity index (χ0) is 11.6. The molecular formula is C8H8ClNO4S. The van der Waals surface area contributed by atoms with E-state index in [1.807, 2.05) is 0 Å². The van der Waals surface area contributed by atoms with Crippen LogP contribution in [0.1, 0.15) is 6.92 Å². The molecule has 0 saturated heterocycles. The van der Waals surface area contributed by atoms with Gasteiger partial charge in [0.2, 0.25) is 5.91 Å². The van der Waals surface area contributed by atoms with Gasteiger partial charge in [-0.05, 0) is 18.2 Å². The fourth-order valence-corrected chi connectivity index (χ4v) is 2.01. The smallest absolute Gasteiger partial charge is 0.296 e. The van der Waals surface area contributed by atoms with E-state index in [1.54, 1.807) is 0 Å². The van der Waals surface area contributed by atoms with Crippen molar-refractivity contribution in [1.29, 1.82) is 0 Å². The van der Waals surface area contributed by atoms with E-state index in [2.05, 4.69) is 5.32 Å². The van der Waals surface area contributed by atoms with Crippen LogP contribution in [0.25, 0.3) is 0 Å². The second kappa shape index (κ2) is 4.18. The van der Waals surface area contributed by atoms with Crippen LogP contribution in [-0.4, -0.2) is 18.9 Å². The molecule has 0 heterocycles. The van der Waals surface area contributed by atoms with Crippen molar-refractivity contribution >= 4 is 33.3 Å². The molecule has 2 N–H and O–H groups in total. The van der Waals surface area contributed by atoms with Crippen LogP contribution in [0.5, 0.6) is 0 Å². The van der Waals surface area contributed by atoms with Crippen molar-refractivity contribution in [2.24, 2.45) is 0 Å². The Kier molecular flexibility index (Phi) is 3.33. The van der Waals surface area contributed by atoms with Crippen molar-refractivity contribution < 1.29 is 17.8 Å². The van der Waals surface area contributed by atoms with Gasteiger partial charge >= 0.3 is 0 Å². The maximum Gasteiger partial charge on any atom is 0.296 e. The quantitative estimate of drug-likeness (QED) is 0.779. The Bertz CT molecular complexity index is 497. The number of anilines is 1. The summed E-state index contributed by atoms with van der Waals surface area (Å²) in [5.41, 5.74) is 0.361. The number of benzene rings is 1. The number of amides is 1. The SMILES string of the molecule is CC(=O)Nc1ccc(S(=O)(=O)O)c(Cl)c1. The molecule has 82 valence electrons. The highest BCUT2D eigenvalue weighted by Gasteiger charge is 2.14. The van der Waals surface area contributed by atoms with Crippen LogP contribution in [-0.2, 0) is 14.9 Å². The Morgan fingerprint density at radius 1 is 1.47 bits per heavy atom. The van der Waals surface area contributed by atoms with Gasteiger partial charge in [0.1, 0.15) is 4.90 Å². The summed E-state index contributed by atoms with van der Waals surface area (Å²) in [6.07, 6.45) is 0. The minimum atomic E-state index is -4.32. The summed E-state index contributed by atoms with van der Waals surface area (Å²) < 4.78 is 30.3. The fourth-order valence-electron chi connectivity index (χ4n) is 0.991. The van der Waals surface area contributed by atoms with Crippen molar-refractivity contribution in [2.75, 3.05) is 5.32 Å².